The first-order chi connectivity index (χ1) is 6.32. The van der Waals surface area contributed by atoms with Crippen molar-refractivity contribution in [3.05, 3.63) is 0 Å². The van der Waals surface area contributed by atoms with E-state index < -0.39 is 0 Å². The van der Waals surface area contributed by atoms with Gasteiger partial charge in [-0.1, -0.05) is 20.8 Å². The third-order valence-corrected chi connectivity index (χ3v) is 5.49. The molecular weight excluding hydrogens is 172 g/mol. The molecule has 0 aromatic heterocycles. The van der Waals surface area contributed by atoms with Gasteiger partial charge in [0.05, 0.1) is 0 Å². The molecule has 2 aliphatic carbocycles. The lowest BCUT2D eigenvalue weighted by Gasteiger charge is -2.39. The van der Waals surface area contributed by atoms with Gasteiger partial charge in [-0.15, -0.1) is 0 Å². The first kappa shape index (κ1) is 10.4. The summed E-state index contributed by atoms with van der Waals surface area (Å²) in [6.45, 7) is 7.21. The Morgan fingerprint density at radius 3 is 2.07 bits per heavy atom. The van der Waals surface area contributed by atoms with Crippen LogP contribution < -0.4 is 5.73 Å². The van der Waals surface area contributed by atoms with E-state index in [0.29, 0.717) is 22.9 Å². The van der Waals surface area contributed by atoms with E-state index in [1.165, 1.54) is 12.8 Å². The molecule has 82 valence electrons. The maximum absolute atomic E-state index is 6.43. The van der Waals surface area contributed by atoms with Gasteiger partial charge < -0.3 is 10.6 Å². The normalized spacial score (nSPS) is 50.4. The van der Waals surface area contributed by atoms with E-state index in [2.05, 4.69) is 39.8 Å². The fraction of sp³-hybridized carbons (Fsp3) is 1.00. The summed E-state index contributed by atoms with van der Waals surface area (Å²) < 4.78 is 0. The van der Waals surface area contributed by atoms with Crippen LogP contribution in [0.25, 0.3) is 0 Å². The van der Waals surface area contributed by atoms with Gasteiger partial charge in [0.25, 0.3) is 0 Å². The summed E-state index contributed by atoms with van der Waals surface area (Å²) in [7, 11) is 4.34. The van der Waals surface area contributed by atoms with E-state index in [1.54, 1.807) is 0 Å². The summed E-state index contributed by atoms with van der Waals surface area (Å²) in [4.78, 5) is 2.33. The van der Waals surface area contributed by atoms with Crippen molar-refractivity contribution in [3.63, 3.8) is 0 Å². The zero-order valence-electron chi connectivity index (χ0n) is 10.2. The smallest absolute Gasteiger partial charge is 0.0280 e. The third-order valence-electron chi connectivity index (χ3n) is 5.49. The lowest BCUT2D eigenvalue weighted by atomic mass is 9.69. The van der Waals surface area contributed by atoms with E-state index in [4.69, 9.17) is 5.73 Å². The number of rotatable bonds is 1. The van der Waals surface area contributed by atoms with Crippen LogP contribution in [0.4, 0.5) is 0 Å². The molecule has 2 N–H and O–H groups in total. The summed E-state index contributed by atoms with van der Waals surface area (Å²) in [5.41, 5.74) is 7.21. The van der Waals surface area contributed by atoms with Crippen molar-refractivity contribution in [3.8, 4) is 0 Å². The minimum atomic E-state index is 0.353. The molecule has 0 radical (unpaired) electrons. The molecule has 14 heavy (non-hydrogen) atoms. The average molecular weight is 196 g/mol. The van der Waals surface area contributed by atoms with E-state index in [9.17, 15) is 0 Å². The van der Waals surface area contributed by atoms with Gasteiger partial charge in [-0.3, -0.25) is 0 Å². The molecule has 2 heteroatoms. The van der Waals surface area contributed by atoms with Gasteiger partial charge in [0.2, 0.25) is 0 Å². The molecule has 4 atom stereocenters. The molecule has 2 aliphatic rings. The van der Waals surface area contributed by atoms with Crippen LogP contribution in [0.2, 0.25) is 0 Å². The minimum absolute atomic E-state index is 0.353. The Bertz CT molecular complexity index is 247. The first-order valence-electron chi connectivity index (χ1n) is 5.74. The van der Waals surface area contributed by atoms with Crippen LogP contribution in [0.5, 0.6) is 0 Å². The van der Waals surface area contributed by atoms with Crippen molar-refractivity contribution in [1.29, 1.82) is 0 Å². The Morgan fingerprint density at radius 1 is 1.21 bits per heavy atom. The molecule has 0 unspecified atom stereocenters. The van der Waals surface area contributed by atoms with Crippen LogP contribution in [0, 0.1) is 16.7 Å². The fourth-order valence-electron chi connectivity index (χ4n) is 4.06. The second-order valence-electron chi connectivity index (χ2n) is 6.26. The summed E-state index contributed by atoms with van der Waals surface area (Å²) in [6, 6.07) is 0.940. The van der Waals surface area contributed by atoms with E-state index in [0.717, 1.165) is 5.92 Å². The van der Waals surface area contributed by atoms with Gasteiger partial charge in [-0.2, -0.15) is 0 Å². The highest BCUT2D eigenvalue weighted by Gasteiger charge is 2.65. The molecule has 2 rings (SSSR count). The Labute approximate surface area is 87.8 Å². The largest absolute Gasteiger partial charge is 0.326 e. The zero-order valence-corrected chi connectivity index (χ0v) is 10.2. The lowest BCUT2D eigenvalue weighted by Crippen LogP contribution is -2.51. The SMILES string of the molecule is CN(C)[C@H]1[C@H]2CC[C@@](C)([C@H]1N)C2(C)C. The Hall–Kier alpha value is -0.0800. The van der Waals surface area contributed by atoms with E-state index in [-0.39, 0.29) is 0 Å². The van der Waals surface area contributed by atoms with Crippen LogP contribution in [0.1, 0.15) is 33.6 Å². The van der Waals surface area contributed by atoms with Crippen LogP contribution >= 0.6 is 0 Å². The standard InChI is InChI=1S/C12H24N2/c1-11(2)8-6-7-12(11,3)10(13)9(8)14(4)5/h8-10H,6-7,13H2,1-5H3/t8-,9+,10+,12+/m1/s1. The highest BCUT2D eigenvalue weighted by molar-refractivity contribution is 5.18. The van der Waals surface area contributed by atoms with Crippen molar-refractivity contribution >= 4 is 0 Å². The second kappa shape index (κ2) is 2.73. The maximum atomic E-state index is 6.43. The molecule has 0 aromatic carbocycles. The number of hydrogen-bond donors (Lipinski definition) is 1. The van der Waals surface area contributed by atoms with Gasteiger partial charge in [0.1, 0.15) is 0 Å². The van der Waals surface area contributed by atoms with E-state index in [1.807, 2.05) is 0 Å². The van der Waals surface area contributed by atoms with E-state index >= 15 is 0 Å². The predicted octanol–water partition coefficient (Wildman–Crippen LogP) is 1.70. The number of nitrogens with zero attached hydrogens (tertiary/aromatic N) is 1. The van der Waals surface area contributed by atoms with Crippen molar-refractivity contribution in [1.82, 2.24) is 4.90 Å². The molecule has 0 amide bonds. The monoisotopic (exact) mass is 196 g/mol. The van der Waals surface area contributed by atoms with Gasteiger partial charge in [0.15, 0.2) is 0 Å². The molecule has 2 nitrogen and oxygen atoms in total. The number of likely N-dealkylation sites (N-methyl/N-ethyl adjacent to an activating group) is 1. The number of hydrogen-bond acceptors (Lipinski definition) is 2. The second-order valence-corrected chi connectivity index (χ2v) is 6.26. The number of nitrogens with two attached hydrogens (primary N) is 1. The van der Waals surface area contributed by atoms with Crippen LogP contribution in [0.3, 0.4) is 0 Å². The molecular formula is C12H24N2. The highest BCUT2D eigenvalue weighted by Crippen LogP contribution is 2.65. The van der Waals surface area contributed by atoms with Gasteiger partial charge >= 0.3 is 0 Å². The van der Waals surface area contributed by atoms with Crippen LogP contribution in [0.15, 0.2) is 0 Å². The Balaban J connectivity index is 2.39. The van der Waals surface area contributed by atoms with Gasteiger partial charge in [-0.05, 0) is 43.7 Å². The fourth-order valence-corrected chi connectivity index (χ4v) is 4.06. The predicted molar refractivity (Wildman–Crippen MR) is 60.1 cm³/mol. The Kier molecular flexibility index (Phi) is 2.04. The van der Waals surface area contributed by atoms with Crippen molar-refractivity contribution in [2.45, 2.75) is 45.7 Å². The summed E-state index contributed by atoms with van der Waals surface area (Å²) in [5.74, 6) is 0.789. The zero-order chi connectivity index (χ0) is 10.7. The molecule has 0 heterocycles. The molecule has 0 saturated heterocycles. The van der Waals surface area contributed by atoms with Crippen LogP contribution in [-0.4, -0.2) is 31.1 Å². The lowest BCUT2D eigenvalue weighted by molar-refractivity contribution is 0.133. The quantitative estimate of drug-likeness (QED) is 0.691. The molecule has 0 spiro atoms. The van der Waals surface area contributed by atoms with Crippen molar-refractivity contribution < 1.29 is 0 Å². The highest BCUT2D eigenvalue weighted by atomic mass is 15.2. The summed E-state index contributed by atoms with van der Waals surface area (Å²) in [6.07, 6.45) is 2.68. The molecule has 2 fully saturated rings. The Morgan fingerprint density at radius 2 is 1.79 bits per heavy atom. The van der Waals surface area contributed by atoms with Gasteiger partial charge in [-0.25, -0.2) is 0 Å². The van der Waals surface area contributed by atoms with Crippen molar-refractivity contribution in [2.75, 3.05) is 14.1 Å². The minimum Gasteiger partial charge on any atom is -0.326 e. The van der Waals surface area contributed by atoms with Gasteiger partial charge in [0, 0.05) is 12.1 Å². The summed E-state index contributed by atoms with van der Waals surface area (Å²) >= 11 is 0. The van der Waals surface area contributed by atoms with Crippen molar-refractivity contribution in [2.24, 2.45) is 22.5 Å². The molecule has 0 aromatic rings. The maximum Gasteiger partial charge on any atom is 0.0280 e. The summed E-state index contributed by atoms with van der Waals surface area (Å²) in [5, 5.41) is 0. The van der Waals surface area contributed by atoms with Crippen LogP contribution in [-0.2, 0) is 0 Å². The third kappa shape index (κ3) is 0.938. The molecule has 0 aliphatic heterocycles. The molecule has 2 saturated carbocycles. The topological polar surface area (TPSA) is 29.3 Å². The molecule has 2 bridgehead atoms. The first-order valence-corrected chi connectivity index (χ1v) is 5.74. The average Bonchev–Trinajstić information content (AvgIpc) is 2.35. The number of fused-ring (bicyclic) bond motifs is 2.